The first-order chi connectivity index (χ1) is 29.1. The van der Waals surface area contributed by atoms with Crippen LogP contribution in [0, 0.1) is 5.92 Å². The summed E-state index contributed by atoms with van der Waals surface area (Å²) in [5.41, 5.74) is 3.84. The number of aliphatic hydroxyl groups excluding tert-OH is 1. The molecule has 0 radical (unpaired) electrons. The van der Waals surface area contributed by atoms with Gasteiger partial charge in [0.1, 0.15) is 0 Å². The average Bonchev–Trinajstić information content (AvgIpc) is 3.92. The predicted molar refractivity (Wildman–Crippen MR) is 231 cm³/mol. The van der Waals surface area contributed by atoms with Crippen LogP contribution in [0.2, 0.25) is 18.6 Å². The van der Waals surface area contributed by atoms with Gasteiger partial charge in [-0.15, -0.1) is 5.10 Å². The molecule has 5 aromatic carbocycles. The number of carbonyl (C=O) groups excluding carboxylic acids is 3. The minimum atomic E-state index is -3.52. The lowest BCUT2D eigenvalue weighted by atomic mass is 9.82. The Morgan fingerprint density at radius 2 is 1.43 bits per heavy atom. The molecule has 0 saturated carbocycles. The van der Waals surface area contributed by atoms with Crippen molar-refractivity contribution in [2.45, 2.75) is 62.7 Å². The van der Waals surface area contributed by atoms with Crippen LogP contribution in [-0.4, -0.2) is 59.9 Å². The lowest BCUT2D eigenvalue weighted by Gasteiger charge is -2.31. The SMILES string of the molecule is C[C@H]1[C@H]([Si](C)(C)F)[C@@H](CCn2cc(C(CO)c3ccccc3)nn2)O[C@]12C(=O)N(Cc1cccc(N(C=O)c3ccccc3)c1)c1ccc(N(C=O)c3ccccc3)cc12. The highest BCUT2D eigenvalue weighted by atomic mass is 28.4. The number of amides is 3. The number of rotatable bonds is 15. The molecule has 5 atom stereocenters. The zero-order chi connectivity index (χ0) is 42.0. The van der Waals surface area contributed by atoms with Crippen molar-refractivity contribution in [3.8, 4) is 0 Å². The summed E-state index contributed by atoms with van der Waals surface area (Å²) in [5.74, 6) is -1.26. The highest BCUT2D eigenvalue weighted by molar-refractivity contribution is 6.72. The van der Waals surface area contributed by atoms with Crippen LogP contribution in [0.25, 0.3) is 0 Å². The summed E-state index contributed by atoms with van der Waals surface area (Å²) in [5, 5.41) is 19.0. The molecule has 2 aliphatic heterocycles. The van der Waals surface area contributed by atoms with Gasteiger partial charge in [-0.2, -0.15) is 0 Å². The Morgan fingerprint density at radius 3 is 2.03 bits per heavy atom. The summed E-state index contributed by atoms with van der Waals surface area (Å²) < 4.78 is 25.6. The van der Waals surface area contributed by atoms with Crippen LogP contribution in [0.1, 0.15) is 41.6 Å². The number of fused-ring (bicyclic) bond motifs is 2. The van der Waals surface area contributed by atoms with E-state index in [1.165, 1.54) is 4.90 Å². The Kier molecular flexibility index (Phi) is 11.3. The molecule has 1 N–H and O–H groups in total. The van der Waals surface area contributed by atoms with Gasteiger partial charge in [0.2, 0.25) is 21.2 Å². The number of aromatic nitrogens is 3. The van der Waals surface area contributed by atoms with Crippen molar-refractivity contribution < 1.29 is 28.3 Å². The number of aryl methyl sites for hydroxylation is 1. The van der Waals surface area contributed by atoms with E-state index < -0.39 is 31.6 Å². The second-order valence-electron chi connectivity index (χ2n) is 16.0. The summed E-state index contributed by atoms with van der Waals surface area (Å²) in [6.07, 6.45) is 2.99. The van der Waals surface area contributed by atoms with Crippen LogP contribution in [0.4, 0.5) is 32.5 Å². The number of anilines is 5. The lowest BCUT2D eigenvalue weighted by molar-refractivity contribution is -0.146. The molecule has 1 spiro atoms. The topological polar surface area (TPSA) is 121 Å². The predicted octanol–water partition coefficient (Wildman–Crippen LogP) is 8.40. The summed E-state index contributed by atoms with van der Waals surface area (Å²) >= 11 is 0. The van der Waals surface area contributed by atoms with E-state index in [0.717, 1.165) is 23.9 Å². The van der Waals surface area contributed by atoms with E-state index in [1.807, 2.05) is 134 Å². The molecule has 0 bridgehead atoms. The second kappa shape index (κ2) is 16.8. The standard InChI is InChI=1S/C47H47FN6O5Si/c1-33-45(60(2,3)48)44(24-25-51-29-42(49-50-51)40(30-55)35-15-7-4-8-16-35)59-47(33)41-27-39(54(32-57)37-19-11-6-12-20-37)22-23-43(41)52(46(47)58)28-34-14-13-21-38(26-34)53(31-56)36-17-9-5-10-18-36/h4-23,26-27,29,31-33,40,44-45,55H,24-25,28,30H2,1-3H3/t33-,40?,44+,45-,47+/m0/s1. The first-order valence-corrected chi connectivity index (χ1v) is 23.1. The molecule has 0 aliphatic carbocycles. The largest absolute Gasteiger partial charge is 0.395 e. The van der Waals surface area contributed by atoms with Crippen LogP contribution in [0.15, 0.2) is 140 Å². The number of hydrogen-bond acceptors (Lipinski definition) is 7. The fourth-order valence-electron chi connectivity index (χ4n) is 9.21. The minimum absolute atomic E-state index is 0.142. The van der Waals surface area contributed by atoms with Crippen molar-refractivity contribution in [1.82, 2.24) is 15.0 Å². The van der Waals surface area contributed by atoms with Crippen molar-refractivity contribution in [2.75, 3.05) is 21.3 Å². The van der Waals surface area contributed by atoms with Crippen molar-refractivity contribution >= 4 is 55.6 Å². The summed E-state index contributed by atoms with van der Waals surface area (Å²) in [4.78, 5) is 45.1. The average molecular weight is 823 g/mol. The van der Waals surface area contributed by atoms with Gasteiger partial charge < -0.3 is 18.9 Å². The third-order valence-electron chi connectivity index (χ3n) is 12.0. The molecule has 3 amide bonds. The Bertz CT molecular complexity index is 2470. The van der Waals surface area contributed by atoms with Gasteiger partial charge in [0.15, 0.2) is 5.60 Å². The van der Waals surface area contributed by atoms with Gasteiger partial charge in [0, 0.05) is 52.5 Å². The maximum absolute atomic E-state index is 16.8. The van der Waals surface area contributed by atoms with Crippen LogP contribution in [0.5, 0.6) is 0 Å². The third-order valence-corrected chi connectivity index (χ3v) is 14.4. The molecular weight excluding hydrogens is 776 g/mol. The van der Waals surface area contributed by atoms with E-state index in [1.54, 1.807) is 39.8 Å². The van der Waals surface area contributed by atoms with E-state index in [-0.39, 0.29) is 25.0 Å². The van der Waals surface area contributed by atoms with Gasteiger partial charge in [-0.25, -0.2) is 0 Å². The van der Waals surface area contributed by atoms with Gasteiger partial charge in [-0.05, 0) is 85.2 Å². The molecule has 6 aromatic rings. The van der Waals surface area contributed by atoms with E-state index in [4.69, 9.17) is 4.74 Å². The molecule has 3 heterocycles. The quantitative estimate of drug-likeness (QED) is 0.0628. The molecule has 13 heteroatoms. The second-order valence-corrected chi connectivity index (χ2v) is 19.8. The van der Waals surface area contributed by atoms with Crippen LogP contribution in [0.3, 0.4) is 0 Å². The van der Waals surface area contributed by atoms with Crippen molar-refractivity contribution in [3.05, 3.63) is 162 Å². The number of carbonyl (C=O) groups is 3. The molecule has 8 rings (SSSR count). The maximum Gasteiger partial charge on any atom is 0.264 e. The molecule has 2 aliphatic rings. The molecule has 1 fully saturated rings. The Balaban J connectivity index is 1.16. The summed E-state index contributed by atoms with van der Waals surface area (Å²) in [7, 11) is -3.52. The zero-order valence-corrected chi connectivity index (χ0v) is 34.7. The normalized spacial score (nSPS) is 20.2. The molecule has 60 heavy (non-hydrogen) atoms. The summed E-state index contributed by atoms with van der Waals surface area (Å²) in [6.45, 7) is 5.59. The summed E-state index contributed by atoms with van der Waals surface area (Å²) in [6, 6.07) is 41.1. The van der Waals surface area contributed by atoms with Crippen LogP contribution >= 0.6 is 0 Å². The van der Waals surface area contributed by atoms with Crippen molar-refractivity contribution in [1.29, 1.82) is 0 Å². The molecule has 1 aromatic heterocycles. The fraction of sp³-hybridized carbons (Fsp3) is 0.255. The van der Waals surface area contributed by atoms with Gasteiger partial charge in [0.05, 0.1) is 36.6 Å². The Morgan fingerprint density at radius 1 is 0.833 bits per heavy atom. The highest BCUT2D eigenvalue weighted by Gasteiger charge is 2.66. The minimum Gasteiger partial charge on any atom is -0.395 e. The molecule has 1 unspecified atom stereocenters. The van der Waals surface area contributed by atoms with Crippen molar-refractivity contribution in [2.24, 2.45) is 5.92 Å². The third kappa shape index (κ3) is 7.44. The number of ether oxygens (including phenoxy) is 1. The Hall–Kier alpha value is -6.28. The number of hydrogen-bond donors (Lipinski definition) is 1. The molecular formula is C47H47FN6O5Si. The van der Waals surface area contributed by atoms with Crippen molar-refractivity contribution in [3.63, 3.8) is 0 Å². The van der Waals surface area contributed by atoms with E-state index in [0.29, 0.717) is 52.7 Å². The number of nitrogens with zero attached hydrogens (tertiary/aromatic N) is 6. The Labute approximate surface area is 349 Å². The maximum atomic E-state index is 16.8. The first-order valence-electron chi connectivity index (χ1n) is 20.1. The number of halogens is 1. The number of para-hydroxylation sites is 2. The van der Waals surface area contributed by atoms with Gasteiger partial charge in [-0.3, -0.25) is 28.9 Å². The first kappa shape index (κ1) is 40.5. The molecule has 306 valence electrons. The molecule has 11 nitrogen and oxygen atoms in total. The fourth-order valence-corrected chi connectivity index (χ4v) is 11.8. The van der Waals surface area contributed by atoms with E-state index in [2.05, 4.69) is 10.3 Å². The van der Waals surface area contributed by atoms with Gasteiger partial charge in [-0.1, -0.05) is 91.0 Å². The van der Waals surface area contributed by atoms with Crippen LogP contribution < -0.4 is 14.7 Å². The van der Waals surface area contributed by atoms with Gasteiger partial charge in [0.25, 0.3) is 5.91 Å². The number of benzene rings is 5. The lowest BCUT2D eigenvalue weighted by Crippen LogP contribution is -2.45. The van der Waals surface area contributed by atoms with E-state index in [9.17, 15) is 14.7 Å². The monoisotopic (exact) mass is 822 g/mol. The molecule has 1 saturated heterocycles. The van der Waals surface area contributed by atoms with Crippen LogP contribution in [-0.2, 0) is 37.8 Å². The van der Waals surface area contributed by atoms with E-state index >= 15 is 8.90 Å². The zero-order valence-electron chi connectivity index (χ0n) is 33.7. The highest BCUT2D eigenvalue weighted by Crippen LogP contribution is 2.61. The number of aliphatic hydroxyl groups is 1. The van der Waals surface area contributed by atoms with Gasteiger partial charge >= 0.3 is 0 Å². The smallest absolute Gasteiger partial charge is 0.264 e.